The van der Waals surface area contributed by atoms with Crippen LogP contribution in [0.25, 0.3) is 0 Å². The standard InChI is InChI=1S/C8H10N2O2S/c1-5-3-7(10-13(11)12)4-6(2)8(5)9/h3-4H,9H2,1-2H3. The topological polar surface area (TPSA) is 72.5 Å². The van der Waals surface area contributed by atoms with Gasteiger partial charge in [0.25, 0.3) is 0 Å². The summed E-state index contributed by atoms with van der Waals surface area (Å²) in [6, 6.07) is 3.27. The molecular formula is C8H10N2O2S. The first-order valence-corrected chi connectivity index (χ1v) is 4.71. The monoisotopic (exact) mass is 198 g/mol. The first-order chi connectivity index (χ1) is 6.00. The molecule has 0 bridgehead atoms. The number of rotatable bonds is 1. The van der Waals surface area contributed by atoms with Gasteiger partial charge in [0.2, 0.25) is 0 Å². The van der Waals surface area contributed by atoms with Gasteiger partial charge in [-0.1, -0.05) is 0 Å². The zero-order valence-electron chi connectivity index (χ0n) is 7.40. The van der Waals surface area contributed by atoms with Gasteiger partial charge in [0.05, 0.1) is 5.69 Å². The Balaban J connectivity index is 3.37. The Morgan fingerprint density at radius 2 is 1.69 bits per heavy atom. The van der Waals surface area contributed by atoms with Crippen molar-refractivity contribution in [1.82, 2.24) is 0 Å². The molecule has 4 nitrogen and oxygen atoms in total. The maximum atomic E-state index is 10.3. The molecule has 1 aromatic carbocycles. The smallest absolute Gasteiger partial charge is 0.316 e. The molecule has 0 spiro atoms. The Labute approximate surface area is 78.1 Å². The Morgan fingerprint density at radius 3 is 2.08 bits per heavy atom. The van der Waals surface area contributed by atoms with E-state index in [2.05, 4.69) is 4.36 Å². The van der Waals surface area contributed by atoms with E-state index in [1.165, 1.54) is 0 Å². The summed E-state index contributed by atoms with van der Waals surface area (Å²) in [4.78, 5) is 0. The molecule has 2 N–H and O–H groups in total. The maximum Gasteiger partial charge on any atom is 0.316 e. The lowest BCUT2D eigenvalue weighted by molar-refractivity contribution is 0.622. The number of aryl methyl sites for hydroxylation is 2. The summed E-state index contributed by atoms with van der Waals surface area (Å²) in [5.41, 5.74) is 8.45. The lowest BCUT2D eigenvalue weighted by Crippen LogP contribution is -1.92. The van der Waals surface area contributed by atoms with Gasteiger partial charge >= 0.3 is 10.5 Å². The second-order valence-electron chi connectivity index (χ2n) is 2.80. The summed E-state index contributed by atoms with van der Waals surface area (Å²) in [6.07, 6.45) is 0. The van der Waals surface area contributed by atoms with Crippen molar-refractivity contribution >= 4 is 21.9 Å². The van der Waals surface area contributed by atoms with Crippen molar-refractivity contribution in [2.24, 2.45) is 4.36 Å². The molecule has 1 rings (SSSR count). The molecule has 0 aromatic heterocycles. The highest BCUT2D eigenvalue weighted by Crippen LogP contribution is 2.23. The van der Waals surface area contributed by atoms with E-state index < -0.39 is 10.5 Å². The quantitative estimate of drug-likeness (QED) is 0.696. The van der Waals surface area contributed by atoms with E-state index in [4.69, 9.17) is 5.73 Å². The Morgan fingerprint density at radius 1 is 1.23 bits per heavy atom. The average Bonchev–Trinajstić information content (AvgIpc) is 1.98. The Bertz CT molecular complexity index is 432. The molecule has 0 heterocycles. The molecule has 0 atom stereocenters. The van der Waals surface area contributed by atoms with Crippen molar-refractivity contribution in [2.75, 3.05) is 5.73 Å². The largest absolute Gasteiger partial charge is 0.398 e. The molecule has 0 unspecified atom stereocenters. The third-order valence-corrected chi connectivity index (χ3v) is 2.12. The molecule has 0 saturated carbocycles. The van der Waals surface area contributed by atoms with E-state index in [0.29, 0.717) is 11.4 Å². The van der Waals surface area contributed by atoms with Gasteiger partial charge in [-0.25, -0.2) is 0 Å². The van der Waals surface area contributed by atoms with Crippen molar-refractivity contribution in [3.63, 3.8) is 0 Å². The lowest BCUT2D eigenvalue weighted by Gasteiger charge is -2.03. The van der Waals surface area contributed by atoms with Crippen LogP contribution in [0, 0.1) is 13.8 Å². The second kappa shape index (κ2) is 3.57. The minimum Gasteiger partial charge on any atom is -0.398 e. The van der Waals surface area contributed by atoms with Gasteiger partial charge in [0.15, 0.2) is 0 Å². The summed E-state index contributed by atoms with van der Waals surface area (Å²) in [6.45, 7) is 3.63. The average molecular weight is 198 g/mol. The number of anilines is 1. The fourth-order valence-electron chi connectivity index (χ4n) is 1.09. The SMILES string of the molecule is Cc1cc(N=S(=O)=O)cc(C)c1N. The molecule has 70 valence electrons. The highest BCUT2D eigenvalue weighted by Gasteiger charge is 2.00. The van der Waals surface area contributed by atoms with E-state index in [-0.39, 0.29) is 0 Å². The number of hydrogen-bond donors (Lipinski definition) is 1. The molecule has 0 radical (unpaired) electrons. The van der Waals surface area contributed by atoms with E-state index >= 15 is 0 Å². The highest BCUT2D eigenvalue weighted by atomic mass is 32.2. The summed E-state index contributed by atoms with van der Waals surface area (Å²) < 4.78 is 23.9. The molecule has 0 saturated heterocycles. The van der Waals surface area contributed by atoms with Crippen molar-refractivity contribution in [1.29, 1.82) is 0 Å². The molecule has 0 aliphatic carbocycles. The zero-order chi connectivity index (χ0) is 10.0. The van der Waals surface area contributed by atoms with Crippen molar-refractivity contribution < 1.29 is 8.42 Å². The van der Waals surface area contributed by atoms with Crippen molar-refractivity contribution in [3.05, 3.63) is 23.3 Å². The molecule has 0 amide bonds. The minimum absolute atomic E-state index is 0.414. The summed E-state index contributed by atoms with van der Waals surface area (Å²) in [5, 5.41) is 0. The Kier molecular flexibility index (Phi) is 2.67. The van der Waals surface area contributed by atoms with E-state index in [1.54, 1.807) is 12.1 Å². The molecule has 0 aliphatic heterocycles. The molecule has 13 heavy (non-hydrogen) atoms. The predicted octanol–water partition coefficient (Wildman–Crippen LogP) is 1.58. The molecule has 0 fully saturated rings. The molecule has 5 heteroatoms. The second-order valence-corrected chi connectivity index (χ2v) is 3.42. The first kappa shape index (κ1) is 9.73. The van der Waals surface area contributed by atoms with Gasteiger partial charge in [0, 0.05) is 5.69 Å². The van der Waals surface area contributed by atoms with Gasteiger partial charge in [-0.3, -0.25) is 0 Å². The molecule has 0 aliphatic rings. The van der Waals surface area contributed by atoms with E-state index in [9.17, 15) is 8.42 Å². The van der Waals surface area contributed by atoms with Crippen LogP contribution in [0.3, 0.4) is 0 Å². The third-order valence-electron chi connectivity index (χ3n) is 1.76. The van der Waals surface area contributed by atoms with Crippen LogP contribution in [0.4, 0.5) is 11.4 Å². The number of nitrogen functional groups attached to an aromatic ring is 1. The van der Waals surface area contributed by atoms with Crippen LogP contribution in [-0.2, 0) is 10.5 Å². The van der Waals surface area contributed by atoms with Gasteiger partial charge in [-0.2, -0.15) is 8.42 Å². The van der Waals surface area contributed by atoms with Crippen molar-refractivity contribution in [2.45, 2.75) is 13.8 Å². The van der Waals surface area contributed by atoms with Gasteiger partial charge < -0.3 is 5.73 Å². The van der Waals surface area contributed by atoms with Crippen LogP contribution in [0.1, 0.15) is 11.1 Å². The predicted molar refractivity (Wildman–Crippen MR) is 51.3 cm³/mol. The number of benzene rings is 1. The van der Waals surface area contributed by atoms with Gasteiger partial charge in [0.1, 0.15) is 0 Å². The van der Waals surface area contributed by atoms with Gasteiger partial charge in [-0.15, -0.1) is 4.36 Å². The number of hydrogen-bond acceptors (Lipinski definition) is 4. The van der Waals surface area contributed by atoms with Gasteiger partial charge in [-0.05, 0) is 37.1 Å². The molecular weight excluding hydrogens is 188 g/mol. The third kappa shape index (κ3) is 2.29. The van der Waals surface area contributed by atoms with Crippen LogP contribution in [0.5, 0.6) is 0 Å². The number of nitrogens with zero attached hydrogens (tertiary/aromatic N) is 1. The van der Waals surface area contributed by atoms with Crippen LogP contribution in [0.2, 0.25) is 0 Å². The van der Waals surface area contributed by atoms with Crippen LogP contribution < -0.4 is 5.73 Å². The fraction of sp³-hybridized carbons (Fsp3) is 0.250. The fourth-order valence-corrected chi connectivity index (χ4v) is 1.37. The highest BCUT2D eigenvalue weighted by molar-refractivity contribution is 7.61. The molecule has 1 aromatic rings. The van der Waals surface area contributed by atoms with E-state index in [1.807, 2.05) is 13.8 Å². The van der Waals surface area contributed by atoms with Crippen LogP contribution in [0.15, 0.2) is 16.5 Å². The summed E-state index contributed by atoms with van der Waals surface area (Å²) in [5.74, 6) is 0. The van der Waals surface area contributed by atoms with Crippen LogP contribution >= 0.6 is 0 Å². The maximum absolute atomic E-state index is 10.3. The number of nitrogens with two attached hydrogens (primary N) is 1. The summed E-state index contributed by atoms with van der Waals surface area (Å²) in [7, 11) is -2.41. The van der Waals surface area contributed by atoms with Crippen LogP contribution in [-0.4, -0.2) is 8.42 Å². The Hall–Kier alpha value is -1.36. The lowest BCUT2D eigenvalue weighted by atomic mass is 10.1. The van der Waals surface area contributed by atoms with Crippen molar-refractivity contribution in [3.8, 4) is 0 Å². The first-order valence-electron chi connectivity index (χ1n) is 3.68. The van der Waals surface area contributed by atoms with E-state index in [0.717, 1.165) is 11.1 Å². The normalized spacial score (nSPS) is 9.69. The minimum atomic E-state index is -2.41. The zero-order valence-corrected chi connectivity index (χ0v) is 8.22. The summed E-state index contributed by atoms with van der Waals surface area (Å²) >= 11 is 0.